The number of nitrogens with one attached hydrogen (secondary N) is 1. The van der Waals surface area contributed by atoms with Gasteiger partial charge in [0.1, 0.15) is 22.8 Å². The molecule has 31 heavy (non-hydrogen) atoms. The van der Waals surface area contributed by atoms with Gasteiger partial charge >= 0.3 is 6.01 Å². The molecule has 0 spiro atoms. The highest BCUT2D eigenvalue weighted by Gasteiger charge is 2.34. The highest BCUT2D eigenvalue weighted by Crippen LogP contribution is 2.36. The molecule has 0 aliphatic carbocycles. The minimum absolute atomic E-state index is 0.0400. The lowest BCUT2D eigenvalue weighted by Crippen LogP contribution is -2.51. The molecule has 0 amide bonds. The van der Waals surface area contributed by atoms with Gasteiger partial charge < -0.3 is 19.7 Å². The standard InChI is InChI=1S/C23H26FN5O2/c1-13(2)31-18-7-5-4-6-16(18)20-19(24)21-17(10-25-20)22(28-23(27-21)30-3)29-11-14-8-9-15(12-29)26-14/h4-7,10,13-15,26H,8-9,11-12H2,1-3H3. The molecular weight excluding hydrogens is 397 g/mol. The van der Waals surface area contributed by atoms with E-state index in [9.17, 15) is 0 Å². The number of halogens is 1. The van der Waals surface area contributed by atoms with Crippen LogP contribution in [0.25, 0.3) is 22.2 Å². The zero-order valence-electron chi connectivity index (χ0n) is 17.9. The number of pyridine rings is 1. The highest BCUT2D eigenvalue weighted by molar-refractivity contribution is 5.92. The Bertz CT molecular complexity index is 1110. The van der Waals surface area contributed by atoms with E-state index in [4.69, 9.17) is 9.47 Å². The van der Waals surface area contributed by atoms with E-state index in [1.165, 1.54) is 7.11 Å². The van der Waals surface area contributed by atoms with Gasteiger partial charge in [0.2, 0.25) is 0 Å². The molecule has 2 bridgehead atoms. The molecule has 2 aliphatic heterocycles. The smallest absolute Gasteiger partial charge is 0.318 e. The van der Waals surface area contributed by atoms with E-state index in [-0.39, 0.29) is 23.3 Å². The first-order chi connectivity index (χ1) is 15.0. The summed E-state index contributed by atoms with van der Waals surface area (Å²) in [6.45, 7) is 5.51. The van der Waals surface area contributed by atoms with Crippen LogP contribution in [0.15, 0.2) is 30.5 Å². The van der Waals surface area contributed by atoms with Crippen molar-refractivity contribution in [3.63, 3.8) is 0 Å². The molecule has 1 N–H and O–H groups in total. The highest BCUT2D eigenvalue weighted by atomic mass is 19.1. The number of nitrogens with zero attached hydrogens (tertiary/aromatic N) is 4. The van der Waals surface area contributed by atoms with Crippen molar-refractivity contribution in [1.82, 2.24) is 20.3 Å². The summed E-state index contributed by atoms with van der Waals surface area (Å²) < 4.78 is 27.0. The lowest BCUT2D eigenvalue weighted by atomic mass is 10.1. The van der Waals surface area contributed by atoms with Gasteiger partial charge in [0, 0.05) is 36.9 Å². The van der Waals surface area contributed by atoms with Crippen molar-refractivity contribution in [3.8, 4) is 23.0 Å². The molecule has 2 unspecified atom stereocenters. The normalized spacial score (nSPS) is 20.5. The second-order valence-electron chi connectivity index (χ2n) is 8.42. The molecule has 1 aromatic carbocycles. The zero-order chi connectivity index (χ0) is 21.5. The Labute approximate surface area is 180 Å². The number of hydrogen-bond acceptors (Lipinski definition) is 7. The molecular formula is C23H26FN5O2. The summed E-state index contributed by atoms with van der Waals surface area (Å²) >= 11 is 0. The first-order valence-electron chi connectivity index (χ1n) is 10.7. The van der Waals surface area contributed by atoms with Gasteiger partial charge in [-0.25, -0.2) is 4.39 Å². The van der Waals surface area contributed by atoms with Crippen LogP contribution >= 0.6 is 0 Å². The number of para-hydroxylation sites is 1. The molecule has 2 aromatic heterocycles. The Kier molecular flexibility index (Phi) is 5.09. The Morgan fingerprint density at radius 3 is 2.58 bits per heavy atom. The summed E-state index contributed by atoms with van der Waals surface area (Å²) in [7, 11) is 1.50. The second-order valence-corrected chi connectivity index (χ2v) is 8.42. The van der Waals surface area contributed by atoms with Crippen LogP contribution in [0.4, 0.5) is 10.2 Å². The number of anilines is 1. The summed E-state index contributed by atoms with van der Waals surface area (Å²) in [6.07, 6.45) is 3.91. The summed E-state index contributed by atoms with van der Waals surface area (Å²) in [6, 6.07) is 8.33. The first kappa shape index (κ1) is 19.9. The number of aromatic nitrogens is 3. The van der Waals surface area contributed by atoms with Crippen LogP contribution in [0.5, 0.6) is 11.8 Å². The fourth-order valence-corrected chi connectivity index (χ4v) is 4.53. The topological polar surface area (TPSA) is 72.4 Å². The van der Waals surface area contributed by atoms with Crippen LogP contribution in [0.1, 0.15) is 26.7 Å². The maximum Gasteiger partial charge on any atom is 0.318 e. The van der Waals surface area contributed by atoms with Crippen LogP contribution in [0, 0.1) is 5.82 Å². The minimum atomic E-state index is -0.502. The number of piperazine rings is 1. The molecule has 0 saturated carbocycles. The van der Waals surface area contributed by atoms with E-state index >= 15 is 4.39 Å². The third kappa shape index (κ3) is 3.65. The Hall–Kier alpha value is -3.00. The van der Waals surface area contributed by atoms with Crippen molar-refractivity contribution < 1.29 is 13.9 Å². The lowest BCUT2D eigenvalue weighted by Gasteiger charge is -2.34. The summed E-state index contributed by atoms with van der Waals surface area (Å²) in [5.41, 5.74) is 1.00. The second kappa shape index (κ2) is 7.92. The molecule has 2 atom stereocenters. The number of methoxy groups -OCH3 is 1. The molecule has 2 fully saturated rings. The van der Waals surface area contributed by atoms with E-state index < -0.39 is 5.82 Å². The van der Waals surface area contributed by atoms with Crippen LogP contribution in [0.2, 0.25) is 0 Å². The molecule has 2 aliphatic rings. The van der Waals surface area contributed by atoms with Crippen LogP contribution in [-0.2, 0) is 0 Å². The van der Waals surface area contributed by atoms with Crippen molar-refractivity contribution in [2.45, 2.75) is 44.9 Å². The molecule has 3 aromatic rings. The largest absolute Gasteiger partial charge is 0.490 e. The van der Waals surface area contributed by atoms with Gasteiger partial charge in [0.15, 0.2) is 5.82 Å². The number of benzene rings is 1. The molecule has 162 valence electrons. The summed E-state index contributed by atoms with van der Waals surface area (Å²) in [4.78, 5) is 15.6. The van der Waals surface area contributed by atoms with Crippen molar-refractivity contribution in [3.05, 3.63) is 36.3 Å². The Morgan fingerprint density at radius 1 is 1.13 bits per heavy atom. The monoisotopic (exact) mass is 423 g/mol. The maximum absolute atomic E-state index is 15.8. The van der Waals surface area contributed by atoms with Crippen LogP contribution < -0.4 is 19.7 Å². The molecule has 4 heterocycles. The molecule has 0 radical (unpaired) electrons. The van der Waals surface area contributed by atoms with Crippen molar-refractivity contribution in [2.75, 3.05) is 25.1 Å². The van der Waals surface area contributed by atoms with Crippen molar-refractivity contribution in [2.24, 2.45) is 0 Å². The lowest BCUT2D eigenvalue weighted by molar-refractivity contribution is 0.243. The van der Waals surface area contributed by atoms with Gasteiger partial charge in [0.05, 0.1) is 18.6 Å². The molecule has 2 saturated heterocycles. The van der Waals surface area contributed by atoms with E-state index in [2.05, 4.69) is 25.2 Å². The number of rotatable bonds is 5. The fraction of sp³-hybridized carbons (Fsp3) is 0.435. The van der Waals surface area contributed by atoms with Gasteiger partial charge in [0.25, 0.3) is 0 Å². The average molecular weight is 423 g/mol. The number of fused-ring (bicyclic) bond motifs is 3. The third-order valence-corrected chi connectivity index (χ3v) is 5.85. The molecule has 5 rings (SSSR count). The third-order valence-electron chi connectivity index (χ3n) is 5.85. The van der Waals surface area contributed by atoms with Crippen LogP contribution in [0.3, 0.4) is 0 Å². The van der Waals surface area contributed by atoms with Crippen LogP contribution in [-0.4, -0.2) is 53.3 Å². The maximum atomic E-state index is 15.8. The number of ether oxygens (including phenoxy) is 2. The predicted octanol–water partition coefficient (Wildman–Crippen LogP) is 3.57. The van der Waals surface area contributed by atoms with Gasteiger partial charge in [-0.1, -0.05) is 12.1 Å². The Balaban J connectivity index is 1.64. The van der Waals surface area contributed by atoms with Gasteiger partial charge in [-0.3, -0.25) is 4.98 Å². The van der Waals surface area contributed by atoms with Crippen molar-refractivity contribution >= 4 is 16.7 Å². The van der Waals surface area contributed by atoms with Gasteiger partial charge in [-0.2, -0.15) is 9.97 Å². The van der Waals surface area contributed by atoms with E-state index in [1.54, 1.807) is 6.20 Å². The Morgan fingerprint density at radius 2 is 1.87 bits per heavy atom. The summed E-state index contributed by atoms with van der Waals surface area (Å²) in [5, 5.41) is 4.20. The molecule has 7 nitrogen and oxygen atoms in total. The quantitative estimate of drug-likeness (QED) is 0.673. The predicted molar refractivity (Wildman–Crippen MR) is 117 cm³/mol. The minimum Gasteiger partial charge on any atom is -0.490 e. The fourth-order valence-electron chi connectivity index (χ4n) is 4.53. The van der Waals surface area contributed by atoms with E-state index in [0.29, 0.717) is 34.6 Å². The van der Waals surface area contributed by atoms with E-state index in [0.717, 1.165) is 25.9 Å². The SMILES string of the molecule is COc1nc(N2CC3CCC(C2)N3)c2cnc(-c3ccccc3OC(C)C)c(F)c2n1. The van der Waals surface area contributed by atoms with Crippen molar-refractivity contribution in [1.29, 1.82) is 0 Å². The van der Waals surface area contributed by atoms with Gasteiger partial charge in [-0.15, -0.1) is 0 Å². The van der Waals surface area contributed by atoms with E-state index in [1.807, 2.05) is 38.1 Å². The van der Waals surface area contributed by atoms with Gasteiger partial charge in [-0.05, 0) is 38.8 Å². The average Bonchev–Trinajstić information content (AvgIpc) is 3.11. The molecule has 8 heteroatoms. The zero-order valence-corrected chi connectivity index (χ0v) is 17.9. The first-order valence-corrected chi connectivity index (χ1v) is 10.7. The number of hydrogen-bond donors (Lipinski definition) is 1. The summed E-state index contributed by atoms with van der Waals surface area (Å²) in [5.74, 6) is 0.755.